The molecule has 0 aliphatic carbocycles. The number of carbonyl (C=O) groups is 2. The number of rotatable bonds is 5. The van der Waals surface area contributed by atoms with Gasteiger partial charge in [0.1, 0.15) is 0 Å². The first-order valence-corrected chi connectivity index (χ1v) is 7.37. The van der Waals surface area contributed by atoms with Crippen molar-refractivity contribution in [2.45, 2.75) is 26.8 Å². The number of thioether (sulfide) groups is 1. The van der Waals surface area contributed by atoms with Crippen molar-refractivity contribution in [2.24, 2.45) is 0 Å². The van der Waals surface area contributed by atoms with E-state index in [0.29, 0.717) is 17.0 Å². The van der Waals surface area contributed by atoms with E-state index in [0.717, 1.165) is 17.7 Å². The molecule has 1 aromatic carbocycles. The van der Waals surface area contributed by atoms with Crippen molar-refractivity contribution in [1.29, 1.82) is 0 Å². The van der Waals surface area contributed by atoms with Crippen LogP contribution in [0.25, 0.3) is 0 Å². The Bertz CT molecular complexity index is 522. The second-order valence-electron chi connectivity index (χ2n) is 4.48. The second-order valence-corrected chi connectivity index (χ2v) is 5.59. The Kier molecular flexibility index (Phi) is 4.43. The third-order valence-corrected chi connectivity index (χ3v) is 4.36. The zero-order chi connectivity index (χ0) is 13.8. The van der Waals surface area contributed by atoms with E-state index in [4.69, 9.17) is 0 Å². The van der Waals surface area contributed by atoms with E-state index >= 15 is 0 Å². The molecule has 3 nitrogen and oxygen atoms in total. The number of hydrogen-bond donors (Lipinski definition) is 0. The smallest absolute Gasteiger partial charge is 0.267 e. The Morgan fingerprint density at radius 3 is 2.42 bits per heavy atom. The number of nitrogens with zero attached hydrogens (tertiary/aromatic N) is 1. The van der Waals surface area contributed by atoms with Crippen LogP contribution in [0.3, 0.4) is 0 Å². The highest BCUT2D eigenvalue weighted by molar-refractivity contribution is 8.04. The molecule has 0 saturated heterocycles. The molecule has 2 amide bonds. The molecule has 0 saturated carbocycles. The third kappa shape index (κ3) is 2.89. The van der Waals surface area contributed by atoms with Gasteiger partial charge in [-0.25, -0.2) is 0 Å². The molecule has 4 heteroatoms. The van der Waals surface area contributed by atoms with Crippen molar-refractivity contribution in [3.05, 3.63) is 46.4 Å². The lowest BCUT2D eigenvalue weighted by atomic mass is 10.2. The van der Waals surface area contributed by atoms with Crippen molar-refractivity contribution in [3.8, 4) is 0 Å². The van der Waals surface area contributed by atoms with Gasteiger partial charge in [-0.15, -0.1) is 11.8 Å². The van der Waals surface area contributed by atoms with E-state index in [-0.39, 0.29) is 11.8 Å². The molecule has 0 bridgehead atoms. The molecule has 1 aliphatic rings. The predicted octanol–water partition coefficient (Wildman–Crippen LogP) is 2.97. The SMILES string of the molecule is CCCSC1=C(C)C(=O)N(Cc2ccccc2)C1=O. The van der Waals surface area contributed by atoms with Gasteiger partial charge in [-0.05, 0) is 24.7 Å². The summed E-state index contributed by atoms with van der Waals surface area (Å²) in [4.78, 5) is 26.3. The first kappa shape index (κ1) is 13.9. The average molecular weight is 275 g/mol. The lowest BCUT2D eigenvalue weighted by Gasteiger charge is -2.14. The lowest BCUT2D eigenvalue weighted by Crippen LogP contribution is -2.30. The Balaban J connectivity index is 2.13. The highest BCUT2D eigenvalue weighted by Crippen LogP contribution is 2.31. The largest absolute Gasteiger partial charge is 0.270 e. The fourth-order valence-electron chi connectivity index (χ4n) is 1.96. The molecule has 1 heterocycles. The number of hydrogen-bond acceptors (Lipinski definition) is 3. The number of carbonyl (C=O) groups excluding carboxylic acids is 2. The Labute approximate surface area is 117 Å². The summed E-state index contributed by atoms with van der Waals surface area (Å²) in [6.45, 7) is 4.15. The van der Waals surface area contributed by atoms with Crippen LogP contribution in [0, 0.1) is 0 Å². The van der Waals surface area contributed by atoms with Gasteiger partial charge in [-0.2, -0.15) is 0 Å². The summed E-state index contributed by atoms with van der Waals surface area (Å²) >= 11 is 1.49. The molecule has 1 aliphatic heterocycles. The van der Waals surface area contributed by atoms with Crippen LogP contribution in [0.1, 0.15) is 25.8 Å². The normalized spacial score (nSPS) is 15.6. The predicted molar refractivity (Wildman–Crippen MR) is 77.4 cm³/mol. The Morgan fingerprint density at radius 2 is 1.79 bits per heavy atom. The molecule has 0 radical (unpaired) electrons. The molecule has 0 N–H and O–H groups in total. The van der Waals surface area contributed by atoms with Gasteiger partial charge in [0, 0.05) is 5.57 Å². The minimum Gasteiger partial charge on any atom is -0.270 e. The lowest BCUT2D eigenvalue weighted by molar-refractivity contribution is -0.138. The van der Waals surface area contributed by atoms with E-state index in [1.54, 1.807) is 6.92 Å². The van der Waals surface area contributed by atoms with E-state index in [1.165, 1.54) is 16.7 Å². The van der Waals surface area contributed by atoms with Crippen LogP contribution in [0.2, 0.25) is 0 Å². The van der Waals surface area contributed by atoms with Gasteiger partial charge < -0.3 is 0 Å². The second kappa shape index (κ2) is 6.06. The van der Waals surface area contributed by atoms with Crippen molar-refractivity contribution < 1.29 is 9.59 Å². The maximum absolute atomic E-state index is 12.3. The van der Waals surface area contributed by atoms with Crippen LogP contribution in [0.15, 0.2) is 40.8 Å². The van der Waals surface area contributed by atoms with Crippen molar-refractivity contribution in [1.82, 2.24) is 4.90 Å². The highest BCUT2D eigenvalue weighted by Gasteiger charge is 2.35. The first-order valence-electron chi connectivity index (χ1n) is 6.39. The molecular formula is C15H17NO2S. The quantitative estimate of drug-likeness (QED) is 0.775. The molecule has 0 fully saturated rings. The van der Waals surface area contributed by atoms with Gasteiger partial charge in [0.2, 0.25) is 0 Å². The van der Waals surface area contributed by atoms with Gasteiger partial charge in [-0.3, -0.25) is 14.5 Å². The fourth-order valence-corrected chi connectivity index (χ4v) is 2.90. The highest BCUT2D eigenvalue weighted by atomic mass is 32.2. The maximum Gasteiger partial charge on any atom is 0.267 e. The number of imide groups is 1. The summed E-state index contributed by atoms with van der Waals surface area (Å²) in [5.74, 6) is 0.558. The monoisotopic (exact) mass is 275 g/mol. The molecule has 19 heavy (non-hydrogen) atoms. The molecular weight excluding hydrogens is 258 g/mol. The summed E-state index contributed by atoms with van der Waals surface area (Å²) in [6.07, 6.45) is 0.988. The van der Waals surface area contributed by atoms with Gasteiger partial charge in [-0.1, -0.05) is 37.3 Å². The van der Waals surface area contributed by atoms with E-state index in [2.05, 4.69) is 6.92 Å². The number of benzene rings is 1. The van der Waals surface area contributed by atoms with Crippen molar-refractivity contribution >= 4 is 23.6 Å². The molecule has 0 spiro atoms. The van der Waals surface area contributed by atoms with Crippen LogP contribution in [0.5, 0.6) is 0 Å². The Morgan fingerprint density at radius 1 is 1.11 bits per heavy atom. The van der Waals surface area contributed by atoms with Crippen LogP contribution in [0.4, 0.5) is 0 Å². The standard InChI is InChI=1S/C15H17NO2S/c1-3-9-19-13-11(2)14(17)16(15(13)18)10-12-7-5-4-6-8-12/h4-8H,3,9-10H2,1-2H3. The molecule has 0 atom stereocenters. The van der Waals surface area contributed by atoms with Crippen LogP contribution in [-0.2, 0) is 16.1 Å². The van der Waals surface area contributed by atoms with Crippen LogP contribution < -0.4 is 0 Å². The molecule has 1 aromatic rings. The zero-order valence-electron chi connectivity index (χ0n) is 11.2. The maximum atomic E-state index is 12.3. The summed E-state index contributed by atoms with van der Waals surface area (Å²) in [5.41, 5.74) is 1.55. The van der Waals surface area contributed by atoms with Gasteiger partial charge in [0.15, 0.2) is 0 Å². The first-order chi connectivity index (χ1) is 9.15. The van der Waals surface area contributed by atoms with Crippen molar-refractivity contribution in [3.63, 3.8) is 0 Å². The van der Waals surface area contributed by atoms with Crippen LogP contribution in [-0.4, -0.2) is 22.5 Å². The topological polar surface area (TPSA) is 37.4 Å². The van der Waals surface area contributed by atoms with Gasteiger partial charge in [0.25, 0.3) is 11.8 Å². The average Bonchev–Trinajstić information content (AvgIpc) is 2.62. The third-order valence-electron chi connectivity index (χ3n) is 2.98. The summed E-state index contributed by atoms with van der Waals surface area (Å²) in [7, 11) is 0. The van der Waals surface area contributed by atoms with Crippen molar-refractivity contribution in [2.75, 3.05) is 5.75 Å². The van der Waals surface area contributed by atoms with Gasteiger partial charge >= 0.3 is 0 Å². The van der Waals surface area contributed by atoms with Crippen LogP contribution >= 0.6 is 11.8 Å². The summed E-state index contributed by atoms with van der Waals surface area (Å²) in [5, 5.41) is 0. The van der Waals surface area contributed by atoms with E-state index < -0.39 is 0 Å². The minimum atomic E-state index is -0.160. The number of amides is 2. The summed E-state index contributed by atoms with van der Waals surface area (Å²) in [6, 6.07) is 9.59. The van der Waals surface area contributed by atoms with Gasteiger partial charge in [0.05, 0.1) is 11.4 Å². The summed E-state index contributed by atoms with van der Waals surface area (Å²) < 4.78 is 0. The Hall–Kier alpha value is -1.55. The zero-order valence-corrected chi connectivity index (χ0v) is 12.0. The molecule has 2 rings (SSSR count). The molecule has 100 valence electrons. The molecule has 0 unspecified atom stereocenters. The van der Waals surface area contributed by atoms with E-state index in [1.807, 2.05) is 30.3 Å². The fraction of sp³-hybridized carbons (Fsp3) is 0.333. The molecule has 0 aromatic heterocycles. The van der Waals surface area contributed by atoms with E-state index in [9.17, 15) is 9.59 Å². The minimum absolute atomic E-state index is 0.148.